The second-order valence-corrected chi connectivity index (χ2v) is 8.55. The van der Waals surface area contributed by atoms with Crippen molar-refractivity contribution in [3.05, 3.63) is 54.1 Å². The fraction of sp³-hybridized carbons (Fsp3) is 0.429. The normalized spacial score (nSPS) is 12.8. The summed E-state index contributed by atoms with van der Waals surface area (Å²) < 4.78 is 33.1. The predicted octanol–water partition coefficient (Wildman–Crippen LogP) is 2.90. The average molecular weight is 407 g/mol. The number of hydrogen-bond donors (Lipinski definition) is 1. The van der Waals surface area contributed by atoms with E-state index in [2.05, 4.69) is 4.90 Å². The Kier molecular flexibility index (Phi) is 7.86. The van der Waals surface area contributed by atoms with Gasteiger partial charge in [0.2, 0.25) is 0 Å². The fourth-order valence-corrected chi connectivity index (χ4v) is 4.46. The van der Waals surface area contributed by atoms with Crippen LogP contribution in [0.4, 0.5) is 5.69 Å². The Morgan fingerprint density at radius 3 is 2.04 bits per heavy atom. The molecule has 0 unspecified atom stereocenters. The number of aliphatic hydroxyl groups excluding tert-OH is 1. The maximum atomic E-state index is 13.3. The van der Waals surface area contributed by atoms with Crippen LogP contribution in [0.15, 0.2) is 53.4 Å². The van der Waals surface area contributed by atoms with E-state index in [0.29, 0.717) is 18.0 Å². The summed E-state index contributed by atoms with van der Waals surface area (Å²) in [6.45, 7) is 7.90. The van der Waals surface area contributed by atoms with Crippen molar-refractivity contribution < 1.29 is 18.3 Å². The lowest BCUT2D eigenvalue weighted by Gasteiger charge is -2.29. The number of ether oxygens (including phenoxy) is 1. The number of anilines is 1. The molecule has 6 nitrogen and oxygen atoms in total. The zero-order valence-electron chi connectivity index (χ0n) is 17.0. The van der Waals surface area contributed by atoms with Gasteiger partial charge in [0.15, 0.2) is 0 Å². The number of nitrogens with zero attached hydrogens (tertiary/aromatic N) is 2. The molecule has 0 saturated carbocycles. The molecule has 0 heterocycles. The van der Waals surface area contributed by atoms with Crippen molar-refractivity contribution in [1.82, 2.24) is 4.90 Å². The SMILES string of the molecule is CCN(CC)C[C@H](O)CN(c1ccc(OC)cc1)S(=O)(=O)c1ccc(C)cc1. The van der Waals surface area contributed by atoms with Gasteiger partial charge in [-0.15, -0.1) is 0 Å². The number of hydrogen-bond acceptors (Lipinski definition) is 5. The first kappa shape index (κ1) is 22.2. The van der Waals surface area contributed by atoms with Crippen LogP contribution >= 0.6 is 0 Å². The molecular formula is C21H30N2O4S. The topological polar surface area (TPSA) is 70.1 Å². The molecule has 0 aliphatic rings. The number of methoxy groups -OCH3 is 1. The van der Waals surface area contributed by atoms with E-state index >= 15 is 0 Å². The summed E-state index contributed by atoms with van der Waals surface area (Å²) in [5.41, 5.74) is 1.47. The van der Waals surface area contributed by atoms with Crippen LogP contribution in [-0.4, -0.2) is 57.8 Å². The number of aliphatic hydroxyl groups is 1. The van der Waals surface area contributed by atoms with Crippen LogP contribution in [0.2, 0.25) is 0 Å². The first-order valence-corrected chi connectivity index (χ1v) is 10.9. The van der Waals surface area contributed by atoms with Crippen LogP contribution in [0.5, 0.6) is 5.75 Å². The lowest BCUT2D eigenvalue weighted by molar-refractivity contribution is 0.125. The van der Waals surface area contributed by atoms with Crippen molar-refractivity contribution >= 4 is 15.7 Å². The Morgan fingerprint density at radius 2 is 1.54 bits per heavy atom. The molecule has 2 aromatic carbocycles. The highest BCUT2D eigenvalue weighted by Gasteiger charge is 2.27. The quantitative estimate of drug-likeness (QED) is 0.657. The van der Waals surface area contributed by atoms with E-state index < -0.39 is 16.1 Å². The van der Waals surface area contributed by atoms with Gasteiger partial charge in [-0.1, -0.05) is 31.5 Å². The van der Waals surface area contributed by atoms with Gasteiger partial charge < -0.3 is 14.7 Å². The van der Waals surface area contributed by atoms with Gasteiger partial charge in [0.05, 0.1) is 30.3 Å². The van der Waals surface area contributed by atoms with Crippen molar-refractivity contribution in [2.24, 2.45) is 0 Å². The molecule has 0 aliphatic carbocycles. The molecule has 0 aliphatic heterocycles. The molecule has 0 aromatic heterocycles. The van der Waals surface area contributed by atoms with Crippen LogP contribution in [0.1, 0.15) is 19.4 Å². The summed E-state index contributed by atoms with van der Waals surface area (Å²) in [7, 11) is -2.26. The Hall–Kier alpha value is -2.09. The van der Waals surface area contributed by atoms with Crippen molar-refractivity contribution in [1.29, 1.82) is 0 Å². The average Bonchev–Trinajstić information content (AvgIpc) is 2.70. The lowest BCUT2D eigenvalue weighted by atomic mass is 10.2. The molecule has 0 radical (unpaired) electrons. The zero-order valence-corrected chi connectivity index (χ0v) is 17.8. The Morgan fingerprint density at radius 1 is 0.964 bits per heavy atom. The Labute approximate surface area is 168 Å². The summed E-state index contributed by atoms with van der Waals surface area (Å²) in [5.74, 6) is 0.639. The summed E-state index contributed by atoms with van der Waals surface area (Å²) >= 11 is 0. The number of benzene rings is 2. The van der Waals surface area contributed by atoms with E-state index in [1.807, 2.05) is 20.8 Å². The molecule has 0 amide bonds. The second kappa shape index (κ2) is 9.91. The smallest absolute Gasteiger partial charge is 0.264 e. The molecule has 7 heteroatoms. The number of likely N-dealkylation sites (N-methyl/N-ethyl adjacent to an activating group) is 1. The molecule has 0 saturated heterocycles. The molecule has 1 N–H and O–H groups in total. The van der Waals surface area contributed by atoms with Gasteiger partial charge in [-0.25, -0.2) is 8.42 Å². The Bertz CT molecular complexity index is 832. The Balaban J connectivity index is 2.38. The summed E-state index contributed by atoms with van der Waals surface area (Å²) in [6, 6.07) is 13.5. The predicted molar refractivity (Wildman–Crippen MR) is 112 cm³/mol. The van der Waals surface area contributed by atoms with Gasteiger partial charge in [0.25, 0.3) is 10.0 Å². The summed E-state index contributed by atoms with van der Waals surface area (Å²) in [4.78, 5) is 2.26. The fourth-order valence-electron chi connectivity index (χ4n) is 2.96. The van der Waals surface area contributed by atoms with E-state index in [0.717, 1.165) is 18.7 Å². The molecule has 2 rings (SSSR count). The number of rotatable bonds is 10. The van der Waals surface area contributed by atoms with Crippen LogP contribution in [0.3, 0.4) is 0 Å². The molecule has 154 valence electrons. The molecule has 2 aromatic rings. The van der Waals surface area contributed by atoms with Gasteiger partial charge in [-0.3, -0.25) is 4.31 Å². The van der Waals surface area contributed by atoms with E-state index in [-0.39, 0.29) is 11.4 Å². The molecular weight excluding hydrogens is 376 g/mol. The standard InChI is InChI=1S/C21H30N2O4S/c1-5-22(6-2)15-19(24)16-23(18-9-11-20(27-4)12-10-18)28(25,26)21-13-7-17(3)8-14-21/h7-14,19,24H,5-6,15-16H2,1-4H3/t19-/m0/s1. The van der Waals surface area contributed by atoms with Gasteiger partial charge >= 0.3 is 0 Å². The zero-order chi connectivity index (χ0) is 20.7. The van der Waals surface area contributed by atoms with Gasteiger partial charge in [-0.2, -0.15) is 0 Å². The summed E-state index contributed by atoms with van der Waals surface area (Å²) in [5, 5.41) is 10.6. The first-order valence-electron chi connectivity index (χ1n) is 9.45. The maximum absolute atomic E-state index is 13.3. The monoisotopic (exact) mass is 406 g/mol. The van der Waals surface area contributed by atoms with Crippen LogP contribution in [0, 0.1) is 6.92 Å². The minimum absolute atomic E-state index is 0.0287. The van der Waals surface area contributed by atoms with Crippen molar-refractivity contribution in [2.75, 3.05) is 37.6 Å². The molecule has 28 heavy (non-hydrogen) atoms. The molecule has 0 spiro atoms. The van der Waals surface area contributed by atoms with E-state index in [9.17, 15) is 13.5 Å². The lowest BCUT2D eigenvalue weighted by Crippen LogP contribution is -2.43. The minimum Gasteiger partial charge on any atom is -0.497 e. The maximum Gasteiger partial charge on any atom is 0.264 e. The van der Waals surface area contributed by atoms with Gasteiger partial charge in [0, 0.05) is 6.54 Å². The van der Waals surface area contributed by atoms with Crippen LogP contribution < -0.4 is 9.04 Å². The van der Waals surface area contributed by atoms with E-state index in [4.69, 9.17) is 4.74 Å². The highest BCUT2D eigenvalue weighted by molar-refractivity contribution is 7.92. The number of aryl methyl sites for hydroxylation is 1. The van der Waals surface area contributed by atoms with E-state index in [1.54, 1.807) is 55.6 Å². The van der Waals surface area contributed by atoms with Gasteiger partial charge in [-0.05, 0) is 56.4 Å². The highest BCUT2D eigenvalue weighted by Crippen LogP contribution is 2.26. The number of sulfonamides is 1. The minimum atomic E-state index is -3.82. The third kappa shape index (κ3) is 5.47. The second-order valence-electron chi connectivity index (χ2n) is 6.69. The van der Waals surface area contributed by atoms with Gasteiger partial charge in [0.1, 0.15) is 5.75 Å². The third-order valence-corrected chi connectivity index (χ3v) is 6.52. The van der Waals surface area contributed by atoms with Crippen molar-refractivity contribution in [3.63, 3.8) is 0 Å². The van der Waals surface area contributed by atoms with Crippen molar-refractivity contribution in [2.45, 2.75) is 31.8 Å². The highest BCUT2D eigenvalue weighted by atomic mass is 32.2. The molecule has 1 atom stereocenters. The van der Waals surface area contributed by atoms with Crippen LogP contribution in [0.25, 0.3) is 0 Å². The molecule has 0 bridgehead atoms. The van der Waals surface area contributed by atoms with Crippen molar-refractivity contribution in [3.8, 4) is 5.75 Å². The largest absolute Gasteiger partial charge is 0.497 e. The van der Waals surface area contributed by atoms with E-state index in [1.165, 1.54) is 4.31 Å². The third-order valence-electron chi connectivity index (χ3n) is 4.71. The molecule has 0 fully saturated rings. The van der Waals surface area contributed by atoms with Crippen LogP contribution in [-0.2, 0) is 10.0 Å². The first-order chi connectivity index (χ1) is 13.3. The summed E-state index contributed by atoms with van der Waals surface area (Å²) in [6.07, 6.45) is -0.817.